The summed E-state index contributed by atoms with van der Waals surface area (Å²) < 4.78 is 1.84. The summed E-state index contributed by atoms with van der Waals surface area (Å²) in [6, 6.07) is 8.04. The van der Waals surface area contributed by atoms with E-state index in [2.05, 4.69) is 12.0 Å². The van der Waals surface area contributed by atoms with Gasteiger partial charge < -0.3 is 0 Å². The highest BCUT2D eigenvalue weighted by Gasteiger charge is 2.26. The van der Waals surface area contributed by atoms with Crippen LogP contribution >= 0.6 is 0 Å². The Balaban J connectivity index is 2.36. The van der Waals surface area contributed by atoms with Gasteiger partial charge >= 0.3 is 0 Å². The van der Waals surface area contributed by atoms with Crippen molar-refractivity contribution in [1.82, 2.24) is 9.78 Å². The molecule has 1 aromatic carbocycles. The minimum Gasteiger partial charge on any atom is -0.299 e. The Morgan fingerprint density at radius 3 is 2.67 bits per heavy atom. The zero-order valence-electron chi connectivity index (χ0n) is 11.5. The van der Waals surface area contributed by atoms with E-state index < -0.39 is 0 Å². The molecule has 3 nitrogen and oxygen atoms in total. The van der Waals surface area contributed by atoms with Crippen LogP contribution in [0.3, 0.4) is 0 Å². The van der Waals surface area contributed by atoms with E-state index in [0.29, 0.717) is 6.42 Å². The van der Waals surface area contributed by atoms with Gasteiger partial charge in [0.05, 0.1) is 17.6 Å². The maximum atomic E-state index is 12.3. The molecule has 18 heavy (non-hydrogen) atoms. The maximum absolute atomic E-state index is 12.3. The molecule has 96 valence electrons. The summed E-state index contributed by atoms with van der Waals surface area (Å²) in [5, 5.41) is 5.56. The van der Waals surface area contributed by atoms with Gasteiger partial charge in [-0.1, -0.05) is 39.0 Å². The Morgan fingerprint density at radius 1 is 1.33 bits per heavy atom. The van der Waals surface area contributed by atoms with Crippen molar-refractivity contribution >= 4 is 16.7 Å². The van der Waals surface area contributed by atoms with Gasteiger partial charge in [0, 0.05) is 17.8 Å². The summed E-state index contributed by atoms with van der Waals surface area (Å²) in [6.07, 6.45) is 1.28. The second kappa shape index (κ2) is 4.56. The van der Waals surface area contributed by atoms with Gasteiger partial charge in [0.15, 0.2) is 0 Å². The molecule has 0 amide bonds. The van der Waals surface area contributed by atoms with E-state index in [1.165, 1.54) is 0 Å². The number of carbonyl (C=O) groups is 1. The van der Waals surface area contributed by atoms with E-state index in [1.807, 2.05) is 49.8 Å². The van der Waals surface area contributed by atoms with Crippen molar-refractivity contribution in [3.05, 3.63) is 30.0 Å². The molecule has 0 N–H and O–H groups in total. The molecule has 0 aliphatic heterocycles. The number of aromatic nitrogens is 2. The third-order valence-electron chi connectivity index (χ3n) is 3.80. The fraction of sp³-hybridized carbons (Fsp3) is 0.467. The number of ketones is 1. The van der Waals surface area contributed by atoms with Gasteiger partial charge in [0.25, 0.3) is 0 Å². The number of benzene rings is 1. The Labute approximate surface area is 108 Å². The van der Waals surface area contributed by atoms with E-state index in [-0.39, 0.29) is 11.2 Å². The average molecular weight is 244 g/mol. The van der Waals surface area contributed by atoms with Gasteiger partial charge in [0.2, 0.25) is 0 Å². The van der Waals surface area contributed by atoms with Crippen molar-refractivity contribution < 1.29 is 4.79 Å². The van der Waals surface area contributed by atoms with E-state index in [9.17, 15) is 4.79 Å². The van der Waals surface area contributed by atoms with Crippen LogP contribution in [-0.2, 0) is 18.3 Å². The van der Waals surface area contributed by atoms with Crippen LogP contribution in [0.25, 0.3) is 10.9 Å². The van der Waals surface area contributed by atoms with Crippen molar-refractivity contribution in [2.75, 3.05) is 0 Å². The molecule has 0 spiro atoms. The summed E-state index contributed by atoms with van der Waals surface area (Å²) in [5.74, 6) is 0.258. The third kappa shape index (κ3) is 2.17. The SMILES string of the molecule is CCC(C)(C)C(=O)Cc1nn(C)c2ccccc12. The van der Waals surface area contributed by atoms with Gasteiger partial charge in [-0.2, -0.15) is 5.10 Å². The minimum absolute atomic E-state index is 0.258. The maximum Gasteiger partial charge on any atom is 0.144 e. The van der Waals surface area contributed by atoms with E-state index in [4.69, 9.17) is 0 Å². The molecule has 0 bridgehead atoms. The lowest BCUT2D eigenvalue weighted by atomic mass is 9.83. The van der Waals surface area contributed by atoms with Crippen LogP contribution in [0.2, 0.25) is 0 Å². The Bertz CT molecular complexity index is 581. The van der Waals surface area contributed by atoms with E-state index >= 15 is 0 Å². The summed E-state index contributed by atoms with van der Waals surface area (Å²) in [7, 11) is 1.92. The third-order valence-corrected chi connectivity index (χ3v) is 3.80. The van der Waals surface area contributed by atoms with Crippen molar-refractivity contribution in [3.8, 4) is 0 Å². The van der Waals surface area contributed by atoms with Crippen LogP contribution in [0.15, 0.2) is 24.3 Å². The molecule has 1 aromatic heterocycles. The Kier molecular flexibility index (Phi) is 3.24. The molecule has 0 unspecified atom stereocenters. The molecule has 0 saturated carbocycles. The van der Waals surface area contributed by atoms with E-state index in [0.717, 1.165) is 23.0 Å². The number of carbonyl (C=O) groups excluding carboxylic acids is 1. The topological polar surface area (TPSA) is 34.9 Å². The molecule has 2 rings (SSSR count). The summed E-state index contributed by atoms with van der Waals surface area (Å²) in [4.78, 5) is 12.3. The number of hydrogen-bond acceptors (Lipinski definition) is 2. The number of nitrogens with zero attached hydrogens (tertiary/aromatic N) is 2. The lowest BCUT2D eigenvalue weighted by Crippen LogP contribution is -2.25. The molecule has 0 atom stereocenters. The second-order valence-corrected chi connectivity index (χ2v) is 5.42. The highest BCUT2D eigenvalue weighted by molar-refractivity contribution is 5.91. The summed E-state index contributed by atoms with van der Waals surface area (Å²) in [5.41, 5.74) is 1.70. The van der Waals surface area contributed by atoms with Crippen LogP contribution in [-0.4, -0.2) is 15.6 Å². The predicted octanol–water partition coefficient (Wildman–Crippen LogP) is 3.12. The number of para-hydroxylation sites is 1. The first kappa shape index (κ1) is 12.8. The quantitative estimate of drug-likeness (QED) is 0.828. The largest absolute Gasteiger partial charge is 0.299 e. The summed E-state index contributed by atoms with van der Waals surface area (Å²) >= 11 is 0. The van der Waals surface area contributed by atoms with E-state index in [1.54, 1.807) is 0 Å². The smallest absolute Gasteiger partial charge is 0.144 e. The molecule has 0 fully saturated rings. The fourth-order valence-electron chi connectivity index (χ4n) is 2.01. The molecule has 0 radical (unpaired) electrons. The molecular formula is C15H20N2O. The zero-order chi connectivity index (χ0) is 13.3. The molecule has 2 aromatic rings. The minimum atomic E-state index is -0.265. The van der Waals surface area contributed by atoms with Gasteiger partial charge in [-0.3, -0.25) is 9.48 Å². The number of fused-ring (bicyclic) bond motifs is 1. The van der Waals surface area contributed by atoms with Crippen LogP contribution < -0.4 is 0 Å². The Hall–Kier alpha value is -1.64. The lowest BCUT2D eigenvalue weighted by Gasteiger charge is -2.20. The Morgan fingerprint density at radius 2 is 2.00 bits per heavy atom. The number of aryl methyl sites for hydroxylation is 1. The number of hydrogen-bond donors (Lipinski definition) is 0. The first-order valence-corrected chi connectivity index (χ1v) is 6.39. The number of rotatable bonds is 4. The van der Waals surface area contributed by atoms with Crippen LogP contribution in [0, 0.1) is 5.41 Å². The molecule has 0 aliphatic rings. The lowest BCUT2D eigenvalue weighted by molar-refractivity contribution is -0.126. The first-order valence-electron chi connectivity index (χ1n) is 6.39. The normalized spacial score (nSPS) is 12.0. The van der Waals surface area contributed by atoms with Gasteiger partial charge in [0.1, 0.15) is 5.78 Å². The molecule has 3 heteroatoms. The second-order valence-electron chi connectivity index (χ2n) is 5.42. The van der Waals surface area contributed by atoms with Crippen molar-refractivity contribution in [3.63, 3.8) is 0 Å². The monoisotopic (exact) mass is 244 g/mol. The standard InChI is InChI=1S/C15H20N2O/c1-5-15(2,3)14(18)10-12-11-8-6-7-9-13(11)17(4)16-12/h6-9H,5,10H2,1-4H3. The molecular weight excluding hydrogens is 224 g/mol. The van der Waals surface area contributed by atoms with Crippen LogP contribution in [0.5, 0.6) is 0 Å². The van der Waals surface area contributed by atoms with Crippen LogP contribution in [0.4, 0.5) is 0 Å². The zero-order valence-corrected chi connectivity index (χ0v) is 11.5. The predicted molar refractivity (Wildman–Crippen MR) is 73.5 cm³/mol. The van der Waals surface area contributed by atoms with Gasteiger partial charge in [-0.25, -0.2) is 0 Å². The molecule has 0 saturated heterocycles. The molecule has 1 heterocycles. The highest BCUT2D eigenvalue weighted by Crippen LogP contribution is 2.25. The van der Waals surface area contributed by atoms with Crippen molar-refractivity contribution in [1.29, 1.82) is 0 Å². The van der Waals surface area contributed by atoms with Crippen LogP contribution in [0.1, 0.15) is 32.9 Å². The highest BCUT2D eigenvalue weighted by atomic mass is 16.1. The first-order chi connectivity index (χ1) is 8.45. The summed E-state index contributed by atoms with van der Waals surface area (Å²) in [6.45, 7) is 6.05. The molecule has 0 aliphatic carbocycles. The van der Waals surface area contributed by atoms with Gasteiger partial charge in [-0.05, 0) is 12.5 Å². The van der Waals surface area contributed by atoms with Crippen molar-refractivity contribution in [2.45, 2.75) is 33.6 Å². The fourth-order valence-corrected chi connectivity index (χ4v) is 2.01. The number of Topliss-reactive ketones (excluding diaryl/α,β-unsaturated/α-hetero) is 1. The van der Waals surface area contributed by atoms with Gasteiger partial charge in [-0.15, -0.1) is 0 Å². The average Bonchev–Trinajstić information content (AvgIpc) is 2.67. The van der Waals surface area contributed by atoms with Crippen molar-refractivity contribution in [2.24, 2.45) is 12.5 Å².